The molecular weight excluding hydrogens is 162 g/mol. The van der Waals surface area contributed by atoms with Crippen molar-refractivity contribution >= 4 is 35.1 Å². The van der Waals surface area contributed by atoms with Gasteiger partial charge in [-0.05, 0) is 22.4 Å². The van der Waals surface area contributed by atoms with Crippen LogP contribution in [0.25, 0.3) is 0 Å². The Labute approximate surface area is 69.4 Å². The molecule has 3 heteroatoms. The molecule has 1 aromatic rings. The second-order valence-electron chi connectivity index (χ2n) is 1.76. The minimum absolute atomic E-state index is 0.747. The van der Waals surface area contributed by atoms with Gasteiger partial charge in [0.05, 0.1) is 6.54 Å². The monoisotopic (exact) mass is 169 g/mol. The summed E-state index contributed by atoms with van der Waals surface area (Å²) in [5.41, 5.74) is 1.25. The average Bonchev–Trinajstić information content (AvgIpc) is 2.41. The zero-order chi connectivity index (χ0) is 7.23. The van der Waals surface area contributed by atoms with Gasteiger partial charge in [0.15, 0.2) is 0 Å². The second-order valence-corrected chi connectivity index (χ2v) is 2.81. The first-order chi connectivity index (χ1) is 4.93. The summed E-state index contributed by atoms with van der Waals surface area (Å²) in [5.74, 6) is 0. The first-order valence-corrected chi connectivity index (χ1v) is 4.29. The van der Waals surface area contributed by atoms with Crippen LogP contribution in [0.2, 0.25) is 0 Å². The van der Waals surface area contributed by atoms with Gasteiger partial charge in [-0.25, -0.2) is 0 Å². The van der Waals surface area contributed by atoms with Crippen molar-refractivity contribution < 1.29 is 0 Å². The van der Waals surface area contributed by atoms with Crippen LogP contribution in [0.4, 0.5) is 0 Å². The number of rotatable bonds is 3. The summed E-state index contributed by atoms with van der Waals surface area (Å²) in [5, 5.41) is 5.65. The Bertz CT molecular complexity index is 214. The smallest absolute Gasteiger partial charge is 0.0648 e. The largest absolute Gasteiger partial charge is 0.288 e. The Morgan fingerprint density at radius 2 is 2.60 bits per heavy atom. The molecule has 0 saturated heterocycles. The van der Waals surface area contributed by atoms with Gasteiger partial charge in [-0.15, -0.1) is 0 Å². The average molecular weight is 169 g/mol. The summed E-state index contributed by atoms with van der Waals surface area (Å²) in [6.45, 7) is 0.747. The van der Waals surface area contributed by atoms with Gasteiger partial charge in [0.2, 0.25) is 0 Å². The molecule has 0 bridgehead atoms. The van der Waals surface area contributed by atoms with E-state index in [0.717, 1.165) is 6.54 Å². The van der Waals surface area contributed by atoms with Gasteiger partial charge in [-0.1, -0.05) is 12.2 Å². The first-order valence-electron chi connectivity index (χ1n) is 2.88. The van der Waals surface area contributed by atoms with E-state index >= 15 is 0 Å². The van der Waals surface area contributed by atoms with Crippen molar-refractivity contribution in [2.45, 2.75) is 6.54 Å². The first kappa shape index (κ1) is 7.57. The number of thiocarbonyl (C=S) groups is 1. The molecule has 0 aliphatic carbocycles. The van der Waals surface area contributed by atoms with Gasteiger partial charge in [-0.2, -0.15) is 11.3 Å². The van der Waals surface area contributed by atoms with E-state index in [2.05, 4.69) is 28.7 Å². The van der Waals surface area contributed by atoms with Crippen molar-refractivity contribution in [2.75, 3.05) is 0 Å². The van der Waals surface area contributed by atoms with E-state index < -0.39 is 0 Å². The maximum Gasteiger partial charge on any atom is 0.0648 e. The number of hydrogen-bond donors (Lipinski definition) is 0. The molecule has 0 atom stereocenters. The van der Waals surface area contributed by atoms with Crippen LogP contribution in [0.1, 0.15) is 5.56 Å². The molecule has 0 N–H and O–H groups in total. The second kappa shape index (κ2) is 4.30. The molecule has 1 heterocycles. The van der Waals surface area contributed by atoms with Crippen LogP contribution in [0.5, 0.6) is 0 Å². The highest BCUT2D eigenvalue weighted by Crippen LogP contribution is 2.06. The van der Waals surface area contributed by atoms with E-state index in [0.29, 0.717) is 0 Å². The quantitative estimate of drug-likeness (QED) is 0.499. The highest BCUT2D eigenvalue weighted by atomic mass is 32.1. The molecule has 52 valence electrons. The van der Waals surface area contributed by atoms with Crippen LogP contribution < -0.4 is 0 Å². The van der Waals surface area contributed by atoms with Crippen molar-refractivity contribution in [3.05, 3.63) is 22.4 Å². The molecule has 1 rings (SSSR count). The van der Waals surface area contributed by atoms with Crippen molar-refractivity contribution in [2.24, 2.45) is 4.99 Å². The zero-order valence-electron chi connectivity index (χ0n) is 5.36. The van der Waals surface area contributed by atoms with Crippen LogP contribution in [0, 0.1) is 0 Å². The predicted molar refractivity (Wildman–Crippen MR) is 50.2 cm³/mol. The molecule has 0 fully saturated rings. The molecule has 1 nitrogen and oxygen atoms in total. The van der Waals surface area contributed by atoms with Crippen LogP contribution in [-0.4, -0.2) is 11.6 Å². The molecule has 1 aromatic heterocycles. The molecule has 0 aliphatic heterocycles. The van der Waals surface area contributed by atoms with Gasteiger partial charge >= 0.3 is 0 Å². The van der Waals surface area contributed by atoms with Crippen LogP contribution in [0.3, 0.4) is 0 Å². The Hall–Kier alpha value is -0.540. The predicted octanol–water partition coefficient (Wildman–Crippen LogP) is 2.32. The molecule has 0 aromatic carbocycles. The lowest BCUT2D eigenvalue weighted by atomic mass is 10.3. The van der Waals surface area contributed by atoms with E-state index in [1.54, 1.807) is 17.6 Å². The number of thiophene rings is 1. The Morgan fingerprint density at radius 1 is 1.70 bits per heavy atom. The third-order valence-corrected chi connectivity index (χ3v) is 1.87. The molecule has 0 saturated carbocycles. The summed E-state index contributed by atoms with van der Waals surface area (Å²) >= 11 is 6.26. The van der Waals surface area contributed by atoms with Gasteiger partial charge < -0.3 is 0 Å². The topological polar surface area (TPSA) is 12.4 Å². The summed E-state index contributed by atoms with van der Waals surface area (Å²) in [4.78, 5) is 4.05. The van der Waals surface area contributed by atoms with Gasteiger partial charge in [0.25, 0.3) is 0 Å². The highest BCUT2D eigenvalue weighted by molar-refractivity contribution is 7.80. The third-order valence-electron chi connectivity index (χ3n) is 1.02. The van der Waals surface area contributed by atoms with Crippen molar-refractivity contribution in [1.29, 1.82) is 0 Å². The number of hydrogen-bond acceptors (Lipinski definition) is 3. The van der Waals surface area contributed by atoms with Gasteiger partial charge in [-0.3, -0.25) is 4.99 Å². The Balaban J connectivity index is 2.41. The Morgan fingerprint density at radius 3 is 3.20 bits per heavy atom. The SMILES string of the molecule is S=CC=NCc1ccsc1. The van der Waals surface area contributed by atoms with E-state index in [1.165, 1.54) is 10.9 Å². The van der Waals surface area contributed by atoms with Gasteiger partial charge in [0.1, 0.15) is 0 Å². The molecule has 10 heavy (non-hydrogen) atoms. The normalized spacial score (nSPS) is 10.4. The minimum Gasteiger partial charge on any atom is -0.288 e. The van der Waals surface area contributed by atoms with Crippen molar-refractivity contribution in [3.8, 4) is 0 Å². The molecule has 0 aliphatic rings. The standard InChI is InChI=1S/C7H7NS2/c9-3-2-8-5-7-1-4-10-6-7/h1-4,6H,5H2. The summed E-state index contributed by atoms with van der Waals surface area (Å²) < 4.78 is 0. The molecule has 0 unspecified atom stereocenters. The molecule has 0 spiro atoms. The fraction of sp³-hybridized carbons (Fsp3) is 0.143. The fourth-order valence-corrected chi connectivity index (χ4v) is 1.33. The summed E-state index contributed by atoms with van der Waals surface area (Å²) in [7, 11) is 0. The third kappa shape index (κ3) is 2.37. The van der Waals surface area contributed by atoms with Crippen molar-refractivity contribution in [1.82, 2.24) is 0 Å². The lowest BCUT2D eigenvalue weighted by Crippen LogP contribution is -1.76. The van der Waals surface area contributed by atoms with Crippen molar-refractivity contribution in [3.63, 3.8) is 0 Å². The number of aliphatic imine (C=N–C) groups is 1. The lowest BCUT2D eigenvalue weighted by Gasteiger charge is -1.84. The maximum absolute atomic E-state index is 4.58. The lowest BCUT2D eigenvalue weighted by molar-refractivity contribution is 1.09. The van der Waals surface area contributed by atoms with Crippen LogP contribution >= 0.6 is 23.6 Å². The van der Waals surface area contributed by atoms with E-state index in [4.69, 9.17) is 0 Å². The molecule has 0 radical (unpaired) electrons. The number of nitrogens with zero attached hydrogens (tertiary/aromatic N) is 1. The fourth-order valence-electron chi connectivity index (χ4n) is 0.584. The van der Waals surface area contributed by atoms with E-state index in [9.17, 15) is 0 Å². The van der Waals surface area contributed by atoms with Crippen LogP contribution in [-0.2, 0) is 6.54 Å². The van der Waals surface area contributed by atoms with Gasteiger partial charge in [0, 0.05) is 11.6 Å². The summed E-state index contributed by atoms with van der Waals surface area (Å²) in [6, 6.07) is 2.06. The molecular formula is C7H7NS2. The minimum atomic E-state index is 0.747. The Kier molecular flexibility index (Phi) is 3.26. The highest BCUT2D eigenvalue weighted by Gasteiger charge is 1.86. The zero-order valence-corrected chi connectivity index (χ0v) is 6.99. The summed E-state index contributed by atoms with van der Waals surface area (Å²) in [6.07, 6.45) is 1.65. The maximum atomic E-state index is 4.58. The van der Waals surface area contributed by atoms with E-state index in [1.807, 2.05) is 5.38 Å². The van der Waals surface area contributed by atoms with Crippen LogP contribution in [0.15, 0.2) is 21.8 Å². The molecule has 0 amide bonds. The van der Waals surface area contributed by atoms with E-state index in [-0.39, 0.29) is 0 Å².